The third-order valence-corrected chi connectivity index (χ3v) is 16.4. The van der Waals surface area contributed by atoms with Crippen molar-refractivity contribution in [2.45, 2.75) is 175 Å². The highest BCUT2D eigenvalue weighted by molar-refractivity contribution is 5.82. The molecule has 2 N–H and O–H groups in total. The van der Waals surface area contributed by atoms with Crippen molar-refractivity contribution in [3.05, 3.63) is 0 Å². The van der Waals surface area contributed by atoms with E-state index in [0.29, 0.717) is 37.5 Å². The summed E-state index contributed by atoms with van der Waals surface area (Å²) in [4.78, 5) is 28.4. The molecule has 52 heavy (non-hydrogen) atoms. The predicted molar refractivity (Wildman–Crippen MR) is 195 cm³/mol. The van der Waals surface area contributed by atoms with E-state index < -0.39 is 41.5 Å². The number of morpholine rings is 1. The zero-order valence-corrected chi connectivity index (χ0v) is 34.0. The third-order valence-electron chi connectivity index (χ3n) is 16.4. The van der Waals surface area contributed by atoms with Crippen LogP contribution in [0.15, 0.2) is 0 Å². The van der Waals surface area contributed by atoms with Crippen molar-refractivity contribution in [1.82, 2.24) is 4.90 Å². The van der Waals surface area contributed by atoms with E-state index in [1.165, 1.54) is 17.7 Å². The van der Waals surface area contributed by atoms with Gasteiger partial charge in [-0.05, 0) is 133 Å². The SMILES string of the molecule is CCOC(C1CC(C)C2C(O1)C(O)C1(C)C3CCC4C(C)(C)C(OC(=O)C5COCCN5C(=O)OC(C)(C)C)CCC45CC35CCC21C)C(C)(C)O. The lowest BCUT2D eigenvalue weighted by Crippen LogP contribution is -2.60. The Morgan fingerprint density at radius 2 is 1.65 bits per heavy atom. The highest BCUT2D eigenvalue weighted by atomic mass is 16.6. The van der Waals surface area contributed by atoms with E-state index in [1.54, 1.807) is 13.8 Å². The van der Waals surface area contributed by atoms with Crippen molar-refractivity contribution in [3.63, 3.8) is 0 Å². The average Bonchev–Trinajstić information content (AvgIpc) is 3.68. The van der Waals surface area contributed by atoms with Gasteiger partial charge in [0.05, 0.1) is 37.1 Å². The number of hydrogen-bond donors (Lipinski definition) is 2. The number of ether oxygens (including phenoxy) is 5. The number of carbonyl (C=O) groups excluding carboxylic acids is 2. The van der Waals surface area contributed by atoms with Crippen LogP contribution in [-0.2, 0) is 28.5 Å². The molecule has 7 aliphatic rings. The molecular formula is C42H69NO9. The third kappa shape index (κ3) is 5.48. The van der Waals surface area contributed by atoms with Crippen molar-refractivity contribution in [2.24, 2.45) is 50.7 Å². The molecular weight excluding hydrogens is 662 g/mol. The molecule has 7 fully saturated rings. The van der Waals surface area contributed by atoms with E-state index in [0.717, 1.165) is 38.5 Å². The molecule has 1 amide bonds. The minimum atomic E-state index is -1.05. The number of aliphatic hydroxyl groups excluding tert-OH is 1. The largest absolute Gasteiger partial charge is 0.460 e. The van der Waals surface area contributed by atoms with Crippen molar-refractivity contribution >= 4 is 12.1 Å². The Balaban J connectivity index is 1.10. The summed E-state index contributed by atoms with van der Waals surface area (Å²) in [6.07, 6.45) is 5.77. The number of carbonyl (C=O) groups is 2. The van der Waals surface area contributed by atoms with Gasteiger partial charge < -0.3 is 33.9 Å². The summed E-state index contributed by atoms with van der Waals surface area (Å²) in [7, 11) is 0. The van der Waals surface area contributed by atoms with Crippen LogP contribution in [0, 0.1) is 50.7 Å². The van der Waals surface area contributed by atoms with Gasteiger partial charge in [0.15, 0.2) is 6.04 Å². The van der Waals surface area contributed by atoms with Crippen LogP contribution in [-0.4, -0.2) is 101 Å². The zero-order valence-electron chi connectivity index (χ0n) is 34.0. The summed E-state index contributed by atoms with van der Waals surface area (Å²) in [6, 6.07) is -0.821. The van der Waals surface area contributed by atoms with Gasteiger partial charge in [0.1, 0.15) is 17.8 Å². The maximum absolute atomic E-state index is 13.8. The maximum atomic E-state index is 13.8. The molecule has 0 aromatic carbocycles. The van der Waals surface area contributed by atoms with E-state index >= 15 is 0 Å². The van der Waals surface area contributed by atoms with Crippen LogP contribution >= 0.6 is 0 Å². The summed E-state index contributed by atoms with van der Waals surface area (Å²) < 4.78 is 30.8. The first kappa shape index (κ1) is 38.8. The molecule has 0 bridgehead atoms. The molecule has 0 aromatic heterocycles. The van der Waals surface area contributed by atoms with Gasteiger partial charge in [0.2, 0.25) is 0 Å². The normalized spacial score (nSPS) is 47.2. The van der Waals surface area contributed by atoms with E-state index in [9.17, 15) is 19.8 Å². The molecule has 14 atom stereocenters. The number of nitrogens with zero attached hydrogens (tertiary/aromatic N) is 1. The predicted octanol–water partition coefficient (Wildman–Crippen LogP) is 6.52. The highest BCUT2D eigenvalue weighted by Gasteiger charge is 2.85. The standard InChI is InChI=1S/C42H69NO9/c1-12-49-33(38(8,9)47)26-21-24(2)30-31(50-26)32(44)40(11)28-14-13-27-37(6,7)29(15-16-41(27)23-42(28,41)18-17-39(30,40)10)51-34(45)25-22-48-20-19-43(25)35(46)52-36(3,4)5/h24-33,44,47H,12-23H2,1-11H3. The monoisotopic (exact) mass is 731 g/mol. The smallest absolute Gasteiger partial charge is 0.411 e. The summed E-state index contributed by atoms with van der Waals surface area (Å²) in [5.41, 5.74) is -1.98. The van der Waals surface area contributed by atoms with Crippen LogP contribution in [0.25, 0.3) is 0 Å². The fourth-order valence-corrected chi connectivity index (χ4v) is 14.2. The molecule has 10 heteroatoms. The molecule has 5 saturated carbocycles. The van der Waals surface area contributed by atoms with Gasteiger partial charge in [0.25, 0.3) is 0 Å². The average molecular weight is 732 g/mol. The minimum absolute atomic E-state index is 0.0613. The Kier molecular flexibility index (Phi) is 9.34. The van der Waals surface area contributed by atoms with E-state index in [1.807, 2.05) is 27.7 Å². The summed E-state index contributed by atoms with van der Waals surface area (Å²) in [5, 5.41) is 23.7. The van der Waals surface area contributed by atoms with Gasteiger partial charge in [-0.15, -0.1) is 0 Å². The lowest BCUT2D eigenvalue weighted by molar-refractivity contribution is -0.215. The molecule has 14 unspecified atom stereocenters. The molecule has 2 saturated heterocycles. The van der Waals surface area contributed by atoms with Crippen LogP contribution in [0.4, 0.5) is 4.79 Å². The molecule has 0 radical (unpaired) electrons. The number of rotatable bonds is 6. The summed E-state index contributed by atoms with van der Waals surface area (Å²) in [5.74, 6) is 0.963. The second-order valence-corrected chi connectivity index (χ2v) is 20.8. The number of esters is 1. The second kappa shape index (κ2) is 12.5. The Labute approximate surface area is 312 Å². The summed E-state index contributed by atoms with van der Waals surface area (Å²) >= 11 is 0. The van der Waals surface area contributed by atoms with Crippen LogP contribution in [0.3, 0.4) is 0 Å². The van der Waals surface area contributed by atoms with Gasteiger partial charge in [-0.25, -0.2) is 9.59 Å². The van der Waals surface area contributed by atoms with E-state index in [4.69, 9.17) is 23.7 Å². The molecule has 2 heterocycles. The molecule has 5 aliphatic carbocycles. The Hall–Kier alpha value is -1.46. The van der Waals surface area contributed by atoms with Crippen molar-refractivity contribution in [1.29, 1.82) is 0 Å². The number of hydrogen-bond acceptors (Lipinski definition) is 9. The van der Waals surface area contributed by atoms with Crippen LogP contribution in [0.5, 0.6) is 0 Å². The highest BCUT2D eigenvalue weighted by Crippen LogP contribution is 2.89. The molecule has 2 aliphatic heterocycles. The van der Waals surface area contributed by atoms with E-state index in [-0.39, 0.29) is 57.9 Å². The fourth-order valence-electron chi connectivity index (χ4n) is 14.2. The molecule has 10 nitrogen and oxygen atoms in total. The second-order valence-electron chi connectivity index (χ2n) is 20.8. The first-order valence-electron chi connectivity index (χ1n) is 20.5. The lowest BCUT2D eigenvalue weighted by Gasteiger charge is -2.63. The number of aliphatic hydroxyl groups is 2. The topological polar surface area (TPSA) is 124 Å². The van der Waals surface area contributed by atoms with Crippen LogP contribution in [0.2, 0.25) is 0 Å². The van der Waals surface area contributed by atoms with Crippen molar-refractivity contribution in [3.8, 4) is 0 Å². The Morgan fingerprint density at radius 3 is 2.31 bits per heavy atom. The maximum Gasteiger partial charge on any atom is 0.411 e. The lowest BCUT2D eigenvalue weighted by atomic mass is 9.41. The number of amides is 1. The van der Waals surface area contributed by atoms with Crippen molar-refractivity contribution in [2.75, 3.05) is 26.4 Å². The first-order chi connectivity index (χ1) is 24.1. The van der Waals surface area contributed by atoms with Gasteiger partial charge in [-0.1, -0.05) is 34.6 Å². The Morgan fingerprint density at radius 1 is 0.981 bits per heavy atom. The first-order valence-corrected chi connectivity index (χ1v) is 20.5. The molecule has 296 valence electrons. The van der Waals surface area contributed by atoms with Crippen molar-refractivity contribution < 1.29 is 43.5 Å². The van der Waals surface area contributed by atoms with Gasteiger partial charge in [-0.3, -0.25) is 4.90 Å². The van der Waals surface area contributed by atoms with E-state index in [2.05, 4.69) is 34.6 Å². The molecule has 0 aromatic rings. The minimum Gasteiger partial charge on any atom is -0.460 e. The quantitative estimate of drug-likeness (QED) is 0.294. The van der Waals surface area contributed by atoms with Crippen LogP contribution in [0.1, 0.15) is 128 Å². The fraction of sp³-hybridized carbons (Fsp3) is 0.952. The Bertz CT molecular complexity index is 1400. The molecule has 7 rings (SSSR count). The van der Waals surface area contributed by atoms with Gasteiger partial charge >= 0.3 is 12.1 Å². The van der Waals surface area contributed by atoms with Crippen LogP contribution < -0.4 is 0 Å². The molecule has 2 spiro atoms. The van der Waals surface area contributed by atoms with Gasteiger partial charge in [0, 0.05) is 24.0 Å². The van der Waals surface area contributed by atoms with Gasteiger partial charge in [-0.2, -0.15) is 0 Å². The summed E-state index contributed by atoms with van der Waals surface area (Å²) in [6.45, 7) is 24.1. The number of fused-ring (bicyclic) bond motifs is 4. The zero-order chi connectivity index (χ0) is 38.0.